The minimum absolute atomic E-state index is 0.184. The Kier molecular flexibility index (Phi) is 5.75. The number of ether oxygens (including phenoxy) is 1. The highest BCUT2D eigenvalue weighted by Crippen LogP contribution is 2.23. The first kappa shape index (κ1) is 19.6. The number of imide groups is 1. The molecular formula is C20H17ClN2O5. The molecule has 0 bridgehead atoms. The topological polar surface area (TPSA) is 92.8 Å². The Hall–Kier alpha value is -3.19. The van der Waals surface area contributed by atoms with Crippen LogP contribution >= 0.6 is 11.6 Å². The second kappa shape index (κ2) is 8.22. The van der Waals surface area contributed by atoms with Crippen LogP contribution < -0.4 is 10.2 Å². The van der Waals surface area contributed by atoms with Gasteiger partial charge in [-0.15, -0.1) is 0 Å². The van der Waals surface area contributed by atoms with Gasteiger partial charge in [0.05, 0.1) is 11.3 Å². The third-order valence-electron chi connectivity index (χ3n) is 4.22. The largest absolute Gasteiger partial charge is 0.452 e. The van der Waals surface area contributed by atoms with Crippen LogP contribution in [0.15, 0.2) is 42.5 Å². The van der Waals surface area contributed by atoms with Gasteiger partial charge >= 0.3 is 5.97 Å². The van der Waals surface area contributed by atoms with Crippen molar-refractivity contribution in [2.24, 2.45) is 0 Å². The van der Waals surface area contributed by atoms with Gasteiger partial charge in [0.1, 0.15) is 0 Å². The summed E-state index contributed by atoms with van der Waals surface area (Å²) in [6.45, 7) is 1.35. The molecule has 144 valence electrons. The van der Waals surface area contributed by atoms with E-state index in [0.29, 0.717) is 16.4 Å². The van der Waals surface area contributed by atoms with Gasteiger partial charge in [0, 0.05) is 23.6 Å². The van der Waals surface area contributed by atoms with Gasteiger partial charge in [-0.2, -0.15) is 0 Å². The van der Waals surface area contributed by atoms with Crippen LogP contribution in [0, 0.1) is 6.92 Å². The molecule has 1 saturated heterocycles. The highest BCUT2D eigenvalue weighted by molar-refractivity contribution is 6.31. The predicted octanol–water partition coefficient (Wildman–Crippen LogP) is 3.10. The molecule has 0 atom stereocenters. The summed E-state index contributed by atoms with van der Waals surface area (Å²) in [7, 11) is 0. The van der Waals surface area contributed by atoms with Crippen molar-refractivity contribution in [1.82, 2.24) is 0 Å². The average molecular weight is 401 g/mol. The molecule has 3 rings (SSSR count). The molecule has 1 heterocycles. The SMILES string of the molecule is Cc1ccc(Cl)cc1NC(=O)COC(=O)c1ccc(N2C(=O)CCC2=O)cc1. The Morgan fingerprint density at radius 1 is 1.07 bits per heavy atom. The molecule has 0 aliphatic carbocycles. The summed E-state index contributed by atoms with van der Waals surface area (Å²) in [5.74, 6) is -1.73. The smallest absolute Gasteiger partial charge is 0.338 e. The number of halogens is 1. The molecule has 2 aromatic carbocycles. The second-order valence-corrected chi connectivity index (χ2v) is 6.69. The molecule has 28 heavy (non-hydrogen) atoms. The van der Waals surface area contributed by atoms with Gasteiger partial charge < -0.3 is 10.1 Å². The highest BCUT2D eigenvalue weighted by Gasteiger charge is 2.30. The van der Waals surface area contributed by atoms with Crippen LogP contribution in [0.3, 0.4) is 0 Å². The first-order valence-corrected chi connectivity index (χ1v) is 8.92. The van der Waals surface area contributed by atoms with E-state index in [0.717, 1.165) is 10.5 Å². The number of carbonyl (C=O) groups is 4. The van der Waals surface area contributed by atoms with E-state index in [-0.39, 0.29) is 30.2 Å². The standard InChI is InChI=1S/C20H17ClN2O5/c1-12-2-5-14(21)10-16(12)22-17(24)11-28-20(27)13-3-6-15(7-4-13)23-18(25)8-9-19(23)26/h2-7,10H,8-9,11H2,1H3,(H,22,24). The zero-order valence-electron chi connectivity index (χ0n) is 15.0. The van der Waals surface area contributed by atoms with Crippen molar-refractivity contribution >= 4 is 46.7 Å². The summed E-state index contributed by atoms with van der Waals surface area (Å²) in [6.07, 6.45) is 0.369. The number of anilines is 2. The third-order valence-corrected chi connectivity index (χ3v) is 4.46. The van der Waals surface area contributed by atoms with Gasteiger partial charge in [-0.1, -0.05) is 17.7 Å². The molecule has 7 nitrogen and oxygen atoms in total. The van der Waals surface area contributed by atoms with Crippen molar-refractivity contribution in [3.63, 3.8) is 0 Å². The molecule has 1 N–H and O–H groups in total. The van der Waals surface area contributed by atoms with E-state index in [4.69, 9.17) is 16.3 Å². The van der Waals surface area contributed by atoms with E-state index in [9.17, 15) is 19.2 Å². The Bertz CT molecular complexity index is 940. The zero-order chi connectivity index (χ0) is 20.3. The zero-order valence-corrected chi connectivity index (χ0v) is 15.8. The van der Waals surface area contributed by atoms with Crippen molar-refractivity contribution in [2.75, 3.05) is 16.8 Å². The lowest BCUT2D eigenvalue weighted by Gasteiger charge is -2.14. The van der Waals surface area contributed by atoms with Gasteiger partial charge in [-0.3, -0.25) is 19.3 Å². The van der Waals surface area contributed by atoms with Crippen molar-refractivity contribution in [3.05, 3.63) is 58.6 Å². The van der Waals surface area contributed by atoms with Crippen molar-refractivity contribution in [2.45, 2.75) is 19.8 Å². The maximum absolute atomic E-state index is 12.1. The quantitative estimate of drug-likeness (QED) is 0.615. The van der Waals surface area contributed by atoms with Crippen molar-refractivity contribution in [3.8, 4) is 0 Å². The number of hydrogen-bond donors (Lipinski definition) is 1. The Balaban J connectivity index is 1.57. The highest BCUT2D eigenvalue weighted by atomic mass is 35.5. The van der Waals surface area contributed by atoms with E-state index in [1.165, 1.54) is 24.3 Å². The Labute approximate surface area is 166 Å². The van der Waals surface area contributed by atoms with Gasteiger partial charge in [0.2, 0.25) is 11.8 Å². The molecule has 3 amide bonds. The van der Waals surface area contributed by atoms with Crippen LogP contribution in [-0.4, -0.2) is 30.3 Å². The summed E-state index contributed by atoms with van der Waals surface area (Å²) in [5.41, 5.74) is 1.97. The summed E-state index contributed by atoms with van der Waals surface area (Å²) in [6, 6.07) is 10.9. The summed E-state index contributed by atoms with van der Waals surface area (Å²) in [4.78, 5) is 48.7. The van der Waals surface area contributed by atoms with E-state index in [1.54, 1.807) is 18.2 Å². The normalized spacial score (nSPS) is 13.6. The molecule has 2 aromatic rings. The number of esters is 1. The van der Waals surface area contributed by atoms with Crippen LogP contribution in [0.25, 0.3) is 0 Å². The molecular weight excluding hydrogens is 384 g/mol. The Morgan fingerprint density at radius 2 is 1.71 bits per heavy atom. The lowest BCUT2D eigenvalue weighted by Crippen LogP contribution is -2.28. The predicted molar refractivity (Wildman–Crippen MR) is 103 cm³/mol. The van der Waals surface area contributed by atoms with Crippen molar-refractivity contribution in [1.29, 1.82) is 0 Å². The maximum atomic E-state index is 12.1. The van der Waals surface area contributed by atoms with Gasteiger partial charge in [0.15, 0.2) is 6.61 Å². The van der Waals surface area contributed by atoms with Crippen molar-refractivity contribution < 1.29 is 23.9 Å². The van der Waals surface area contributed by atoms with Gasteiger partial charge in [-0.25, -0.2) is 4.79 Å². The van der Waals surface area contributed by atoms with Crippen LogP contribution in [0.5, 0.6) is 0 Å². The molecule has 1 aliphatic heterocycles. The number of amides is 3. The van der Waals surface area contributed by atoms with Crippen LogP contribution in [-0.2, 0) is 19.1 Å². The molecule has 0 aromatic heterocycles. The van der Waals surface area contributed by atoms with E-state index in [1.807, 2.05) is 6.92 Å². The monoisotopic (exact) mass is 400 g/mol. The summed E-state index contributed by atoms with van der Waals surface area (Å²) >= 11 is 5.90. The average Bonchev–Trinajstić information content (AvgIpc) is 3.01. The molecule has 1 fully saturated rings. The van der Waals surface area contributed by atoms with Crippen LogP contribution in [0.4, 0.5) is 11.4 Å². The Morgan fingerprint density at radius 3 is 2.36 bits per heavy atom. The second-order valence-electron chi connectivity index (χ2n) is 6.25. The van der Waals surface area contributed by atoms with E-state index < -0.39 is 18.5 Å². The molecule has 0 unspecified atom stereocenters. The number of aryl methyl sites for hydroxylation is 1. The molecule has 0 radical (unpaired) electrons. The van der Waals surface area contributed by atoms with Crippen LogP contribution in [0.2, 0.25) is 5.02 Å². The molecule has 1 aliphatic rings. The fraction of sp³-hybridized carbons (Fsp3) is 0.200. The third kappa shape index (κ3) is 4.37. The first-order valence-electron chi connectivity index (χ1n) is 8.54. The molecule has 0 saturated carbocycles. The minimum atomic E-state index is -0.691. The summed E-state index contributed by atoms with van der Waals surface area (Å²) < 4.78 is 5.01. The fourth-order valence-corrected chi connectivity index (χ4v) is 2.91. The van der Waals surface area contributed by atoms with E-state index in [2.05, 4.69) is 5.32 Å². The number of hydrogen-bond acceptors (Lipinski definition) is 5. The maximum Gasteiger partial charge on any atom is 0.338 e. The molecule has 8 heteroatoms. The fourth-order valence-electron chi connectivity index (χ4n) is 2.74. The van der Waals surface area contributed by atoms with E-state index >= 15 is 0 Å². The number of nitrogens with zero attached hydrogens (tertiary/aromatic N) is 1. The lowest BCUT2D eigenvalue weighted by molar-refractivity contribution is -0.121. The number of carbonyl (C=O) groups excluding carboxylic acids is 4. The summed E-state index contributed by atoms with van der Waals surface area (Å²) in [5, 5.41) is 3.11. The van der Waals surface area contributed by atoms with Gasteiger partial charge in [-0.05, 0) is 48.9 Å². The number of benzene rings is 2. The number of nitrogens with one attached hydrogen (secondary N) is 1. The van der Waals surface area contributed by atoms with Crippen LogP contribution in [0.1, 0.15) is 28.8 Å². The first-order chi connectivity index (χ1) is 13.3. The number of rotatable bonds is 5. The van der Waals surface area contributed by atoms with Gasteiger partial charge in [0.25, 0.3) is 5.91 Å². The lowest BCUT2D eigenvalue weighted by atomic mass is 10.2. The molecule has 0 spiro atoms. The minimum Gasteiger partial charge on any atom is -0.452 e.